The number of carbonyl (C=O) groups is 2. The largest absolute Gasteiger partial charge is 0.444 e. The van der Waals surface area contributed by atoms with E-state index in [1.807, 2.05) is 20.8 Å². The lowest BCUT2D eigenvalue weighted by molar-refractivity contribution is -0.129. The van der Waals surface area contributed by atoms with Crippen LogP contribution >= 0.6 is 0 Å². The van der Waals surface area contributed by atoms with Crippen molar-refractivity contribution >= 4 is 11.9 Å². The Morgan fingerprint density at radius 1 is 1.14 bits per heavy atom. The van der Waals surface area contributed by atoms with Crippen LogP contribution in [0.4, 0.5) is 4.79 Å². The quantitative estimate of drug-likeness (QED) is 0.790. The van der Waals surface area contributed by atoms with Gasteiger partial charge in [-0.15, -0.1) is 0 Å². The summed E-state index contributed by atoms with van der Waals surface area (Å²) in [5.74, 6) is 1.20. The number of amides is 1. The van der Waals surface area contributed by atoms with E-state index in [4.69, 9.17) is 4.74 Å². The maximum Gasteiger partial charge on any atom is 0.410 e. The zero-order chi connectivity index (χ0) is 16.3. The first-order chi connectivity index (χ1) is 10.3. The number of ether oxygens (including phenoxy) is 1. The summed E-state index contributed by atoms with van der Waals surface area (Å²) in [7, 11) is 0. The van der Waals surface area contributed by atoms with E-state index < -0.39 is 5.60 Å². The lowest BCUT2D eigenvalue weighted by atomic mass is 9.73. The van der Waals surface area contributed by atoms with Crippen molar-refractivity contribution in [3.8, 4) is 0 Å². The van der Waals surface area contributed by atoms with Crippen molar-refractivity contribution in [2.45, 2.75) is 71.8 Å². The molecule has 1 saturated carbocycles. The molecular weight excluding hydrogens is 278 g/mol. The van der Waals surface area contributed by atoms with Crippen LogP contribution in [0.3, 0.4) is 0 Å². The first-order valence-corrected chi connectivity index (χ1v) is 8.83. The molecule has 1 heterocycles. The summed E-state index contributed by atoms with van der Waals surface area (Å²) in [5, 5.41) is 0. The number of Topliss-reactive ketones (excluding diaryl/α,β-unsaturated/α-hetero) is 1. The minimum absolute atomic E-state index is 0.0182. The monoisotopic (exact) mass is 309 g/mol. The van der Waals surface area contributed by atoms with E-state index in [0.29, 0.717) is 24.8 Å². The molecule has 0 N–H and O–H groups in total. The Morgan fingerprint density at radius 2 is 1.82 bits per heavy atom. The molecule has 0 aromatic carbocycles. The molecule has 3 atom stereocenters. The Hall–Kier alpha value is -1.06. The SMILES string of the molecule is CCC1CCCCC1C(=O)C1CCN(C(=O)OC(C)(C)C)C1. The zero-order valence-corrected chi connectivity index (χ0v) is 14.6. The van der Waals surface area contributed by atoms with Gasteiger partial charge >= 0.3 is 6.09 Å². The molecule has 2 fully saturated rings. The number of rotatable bonds is 3. The third kappa shape index (κ3) is 4.23. The number of nitrogens with zero attached hydrogens (tertiary/aromatic N) is 1. The van der Waals surface area contributed by atoms with Crippen LogP contribution in [-0.4, -0.2) is 35.5 Å². The summed E-state index contributed by atoms with van der Waals surface area (Å²) in [5.41, 5.74) is -0.476. The fourth-order valence-electron chi connectivity index (χ4n) is 3.86. The predicted molar refractivity (Wildman–Crippen MR) is 86.7 cm³/mol. The first kappa shape index (κ1) is 17.3. The van der Waals surface area contributed by atoms with Gasteiger partial charge in [-0.3, -0.25) is 4.79 Å². The maximum atomic E-state index is 12.8. The Morgan fingerprint density at radius 3 is 2.45 bits per heavy atom. The molecule has 2 rings (SSSR count). The first-order valence-electron chi connectivity index (χ1n) is 8.83. The van der Waals surface area contributed by atoms with Crippen LogP contribution in [0.1, 0.15) is 66.2 Å². The molecule has 1 aliphatic heterocycles. The van der Waals surface area contributed by atoms with E-state index in [0.717, 1.165) is 19.3 Å². The molecule has 126 valence electrons. The maximum absolute atomic E-state index is 12.8. The predicted octanol–water partition coefficient (Wildman–Crippen LogP) is 4.03. The highest BCUT2D eigenvalue weighted by atomic mass is 16.6. The van der Waals surface area contributed by atoms with Gasteiger partial charge in [-0.05, 0) is 46.0 Å². The summed E-state index contributed by atoms with van der Waals surface area (Å²) in [6, 6.07) is 0. The Labute approximate surface area is 134 Å². The molecule has 0 radical (unpaired) electrons. The molecule has 1 saturated heterocycles. The molecule has 0 aromatic rings. The number of hydrogen-bond donors (Lipinski definition) is 0. The average Bonchev–Trinajstić information content (AvgIpc) is 2.94. The van der Waals surface area contributed by atoms with Gasteiger partial charge in [0, 0.05) is 24.9 Å². The fraction of sp³-hybridized carbons (Fsp3) is 0.889. The second-order valence-electron chi connectivity index (χ2n) is 7.87. The second-order valence-corrected chi connectivity index (χ2v) is 7.87. The van der Waals surface area contributed by atoms with Crippen LogP contribution in [-0.2, 0) is 9.53 Å². The van der Waals surface area contributed by atoms with E-state index in [1.165, 1.54) is 19.3 Å². The molecule has 1 amide bonds. The summed E-state index contributed by atoms with van der Waals surface area (Å²) < 4.78 is 5.41. The smallest absolute Gasteiger partial charge is 0.410 e. The number of carbonyl (C=O) groups excluding carboxylic acids is 2. The molecule has 0 spiro atoms. The highest BCUT2D eigenvalue weighted by molar-refractivity contribution is 5.85. The van der Waals surface area contributed by atoms with Gasteiger partial charge in [0.1, 0.15) is 11.4 Å². The van der Waals surface area contributed by atoms with E-state index in [2.05, 4.69) is 6.92 Å². The number of likely N-dealkylation sites (tertiary alicyclic amines) is 1. The van der Waals surface area contributed by atoms with Crippen molar-refractivity contribution in [2.24, 2.45) is 17.8 Å². The van der Waals surface area contributed by atoms with Crippen molar-refractivity contribution in [2.75, 3.05) is 13.1 Å². The van der Waals surface area contributed by atoms with Gasteiger partial charge < -0.3 is 9.64 Å². The van der Waals surface area contributed by atoms with Crippen LogP contribution < -0.4 is 0 Å². The third-order valence-electron chi connectivity index (χ3n) is 5.04. The molecule has 22 heavy (non-hydrogen) atoms. The minimum Gasteiger partial charge on any atom is -0.444 e. The average molecular weight is 309 g/mol. The van der Waals surface area contributed by atoms with Crippen LogP contribution in [0.15, 0.2) is 0 Å². The molecule has 1 aliphatic carbocycles. The van der Waals surface area contributed by atoms with Gasteiger partial charge in [0.25, 0.3) is 0 Å². The van der Waals surface area contributed by atoms with Gasteiger partial charge in [-0.1, -0.05) is 26.2 Å². The number of ketones is 1. The molecule has 2 aliphatic rings. The highest BCUT2D eigenvalue weighted by Gasteiger charge is 2.38. The Kier molecular flexibility index (Phi) is 5.51. The molecule has 0 aromatic heterocycles. The lowest BCUT2D eigenvalue weighted by Gasteiger charge is -2.31. The third-order valence-corrected chi connectivity index (χ3v) is 5.04. The van der Waals surface area contributed by atoms with Crippen molar-refractivity contribution in [3.05, 3.63) is 0 Å². The van der Waals surface area contributed by atoms with E-state index in [1.54, 1.807) is 4.90 Å². The molecule has 0 bridgehead atoms. The number of hydrogen-bond acceptors (Lipinski definition) is 3. The van der Waals surface area contributed by atoms with Crippen LogP contribution in [0, 0.1) is 17.8 Å². The van der Waals surface area contributed by atoms with Crippen LogP contribution in [0.5, 0.6) is 0 Å². The standard InChI is InChI=1S/C18H31NO3/c1-5-13-8-6-7-9-15(13)16(20)14-10-11-19(12-14)17(21)22-18(2,3)4/h13-15H,5-12H2,1-4H3. The molecular formula is C18H31NO3. The van der Waals surface area contributed by atoms with Crippen LogP contribution in [0.25, 0.3) is 0 Å². The van der Waals surface area contributed by atoms with Gasteiger partial charge in [0.15, 0.2) is 0 Å². The molecule has 4 heteroatoms. The topological polar surface area (TPSA) is 46.6 Å². The van der Waals surface area contributed by atoms with E-state index in [9.17, 15) is 9.59 Å². The van der Waals surface area contributed by atoms with Gasteiger partial charge in [0.05, 0.1) is 0 Å². The second kappa shape index (κ2) is 7.01. The summed E-state index contributed by atoms with van der Waals surface area (Å²) in [4.78, 5) is 26.7. The van der Waals surface area contributed by atoms with Crippen LogP contribution in [0.2, 0.25) is 0 Å². The van der Waals surface area contributed by atoms with E-state index in [-0.39, 0.29) is 17.9 Å². The minimum atomic E-state index is -0.476. The fourth-order valence-corrected chi connectivity index (χ4v) is 3.86. The zero-order valence-electron chi connectivity index (χ0n) is 14.6. The Bertz CT molecular complexity index is 413. The van der Waals surface area contributed by atoms with Crippen molar-refractivity contribution < 1.29 is 14.3 Å². The van der Waals surface area contributed by atoms with Gasteiger partial charge in [-0.25, -0.2) is 4.79 Å². The summed E-state index contributed by atoms with van der Waals surface area (Å²) >= 11 is 0. The molecule has 3 unspecified atom stereocenters. The lowest BCUT2D eigenvalue weighted by Crippen LogP contribution is -2.37. The summed E-state index contributed by atoms with van der Waals surface area (Å²) in [6.45, 7) is 9.00. The summed E-state index contributed by atoms with van der Waals surface area (Å²) in [6.07, 6.45) is 6.28. The molecule has 4 nitrogen and oxygen atoms in total. The van der Waals surface area contributed by atoms with E-state index >= 15 is 0 Å². The van der Waals surface area contributed by atoms with Crippen molar-refractivity contribution in [3.63, 3.8) is 0 Å². The van der Waals surface area contributed by atoms with Gasteiger partial charge in [0.2, 0.25) is 0 Å². The van der Waals surface area contributed by atoms with Crippen molar-refractivity contribution in [1.29, 1.82) is 0 Å². The highest BCUT2D eigenvalue weighted by Crippen LogP contribution is 2.36. The van der Waals surface area contributed by atoms with Crippen molar-refractivity contribution in [1.82, 2.24) is 4.90 Å². The van der Waals surface area contributed by atoms with Gasteiger partial charge in [-0.2, -0.15) is 0 Å². The normalized spacial score (nSPS) is 29.5. The Balaban J connectivity index is 1.92.